The van der Waals surface area contributed by atoms with Gasteiger partial charge in [-0.15, -0.1) is 0 Å². The third kappa shape index (κ3) is 27.6. The van der Waals surface area contributed by atoms with Crippen LogP contribution in [0.25, 0.3) is 0 Å². The van der Waals surface area contributed by atoms with Crippen LogP contribution in [0.4, 0.5) is 0 Å². The van der Waals surface area contributed by atoms with Gasteiger partial charge in [0.1, 0.15) is 31.0 Å². The minimum Gasteiger partial charge on any atom is -0.462 e. The molecule has 0 aromatic carbocycles. The van der Waals surface area contributed by atoms with Crippen LogP contribution in [0, 0.1) is 0 Å². The lowest BCUT2D eigenvalue weighted by molar-refractivity contribution is -0.305. The number of aliphatic hydroxyl groups is 4. The second kappa shape index (κ2) is 35.8. The summed E-state index contributed by atoms with van der Waals surface area (Å²) in [6.45, 7) is 3.24. The van der Waals surface area contributed by atoms with Gasteiger partial charge >= 0.3 is 11.9 Å². The summed E-state index contributed by atoms with van der Waals surface area (Å²) >= 11 is 0. The van der Waals surface area contributed by atoms with E-state index in [-0.39, 0.29) is 26.1 Å². The SMILES string of the molecule is CC/C=C\C/C=C\C/C=C\C/C=C\CCCCCCC(=O)OC(COC(=O)CCCCCCC/C=C\CCCCCC)COC1OC(CO)C(O)C(O)C1O. The van der Waals surface area contributed by atoms with Crippen molar-refractivity contribution in [3.8, 4) is 0 Å². The van der Waals surface area contributed by atoms with Crippen LogP contribution < -0.4 is 0 Å². The van der Waals surface area contributed by atoms with Crippen LogP contribution in [-0.2, 0) is 28.5 Å². The van der Waals surface area contributed by atoms with E-state index in [1.807, 2.05) is 0 Å². The molecule has 6 unspecified atom stereocenters. The van der Waals surface area contributed by atoms with E-state index in [2.05, 4.69) is 74.6 Å². The molecule has 6 atom stereocenters. The van der Waals surface area contributed by atoms with Crippen molar-refractivity contribution >= 4 is 11.9 Å². The first-order valence-corrected chi connectivity index (χ1v) is 21.4. The van der Waals surface area contributed by atoms with Crippen LogP contribution in [0.2, 0.25) is 0 Å². The lowest BCUT2D eigenvalue weighted by atomic mass is 9.99. The average Bonchev–Trinajstić information content (AvgIpc) is 3.18. The zero-order valence-corrected chi connectivity index (χ0v) is 34.2. The molecule has 0 saturated carbocycles. The molecule has 1 saturated heterocycles. The minimum atomic E-state index is -1.60. The van der Waals surface area contributed by atoms with Gasteiger partial charge < -0.3 is 39.4 Å². The van der Waals surface area contributed by atoms with Gasteiger partial charge in [0.05, 0.1) is 13.2 Å². The molecule has 0 aromatic heterocycles. The summed E-state index contributed by atoms with van der Waals surface area (Å²) in [7, 11) is 0. The van der Waals surface area contributed by atoms with Gasteiger partial charge in [0, 0.05) is 12.8 Å². The van der Waals surface area contributed by atoms with E-state index in [0.29, 0.717) is 12.8 Å². The molecule has 0 radical (unpaired) electrons. The van der Waals surface area contributed by atoms with Gasteiger partial charge in [0.2, 0.25) is 0 Å². The Kier molecular flexibility index (Phi) is 32.8. The fraction of sp³-hybridized carbons (Fsp3) is 0.733. The molecule has 1 aliphatic rings. The summed E-state index contributed by atoms with van der Waals surface area (Å²) in [6.07, 6.45) is 35.1. The zero-order chi connectivity index (χ0) is 40.2. The molecular weight excluding hydrogens is 700 g/mol. The Bertz CT molecular complexity index is 1080. The first kappa shape index (κ1) is 50.4. The van der Waals surface area contributed by atoms with Crippen molar-refractivity contribution < 1.29 is 49.0 Å². The van der Waals surface area contributed by atoms with Gasteiger partial charge in [-0.1, -0.05) is 126 Å². The second-order valence-corrected chi connectivity index (χ2v) is 14.4. The number of hydrogen-bond donors (Lipinski definition) is 4. The van der Waals surface area contributed by atoms with E-state index in [1.54, 1.807) is 0 Å². The maximum absolute atomic E-state index is 12.7. The molecule has 0 aliphatic carbocycles. The summed E-state index contributed by atoms with van der Waals surface area (Å²) in [5.74, 6) is -0.850. The second-order valence-electron chi connectivity index (χ2n) is 14.4. The van der Waals surface area contributed by atoms with Gasteiger partial charge in [-0.25, -0.2) is 0 Å². The fourth-order valence-corrected chi connectivity index (χ4v) is 6.00. The lowest BCUT2D eigenvalue weighted by Gasteiger charge is -2.39. The molecule has 55 heavy (non-hydrogen) atoms. The van der Waals surface area contributed by atoms with Gasteiger partial charge in [-0.05, 0) is 77.0 Å². The van der Waals surface area contributed by atoms with Crippen LogP contribution in [-0.4, -0.2) is 89.0 Å². The monoisotopic (exact) mass is 777 g/mol. The number of unbranched alkanes of at least 4 members (excludes halogenated alkanes) is 13. The molecule has 1 aliphatic heterocycles. The molecule has 0 bridgehead atoms. The van der Waals surface area contributed by atoms with Gasteiger partial charge in [-0.2, -0.15) is 0 Å². The van der Waals surface area contributed by atoms with Crippen LogP contribution in [0.1, 0.15) is 155 Å². The van der Waals surface area contributed by atoms with E-state index in [1.165, 1.54) is 25.7 Å². The highest BCUT2D eigenvalue weighted by Crippen LogP contribution is 2.22. The standard InChI is InChI=1S/C45H76O10/c1-3-5-7-9-11-13-15-17-18-19-20-22-24-26-28-30-32-34-41(48)54-38(37-53-45-44(51)43(50)42(49)39(35-46)55-45)36-52-40(47)33-31-29-27-25-23-21-16-14-12-10-8-6-4-2/h5,7,11,13-14,16-18,20,22,38-39,42-46,49-51H,3-4,6,8-10,12,15,19,21,23-37H2,1-2H3/b7-5-,13-11-,16-14-,18-17-,22-20-. The van der Waals surface area contributed by atoms with Crippen molar-refractivity contribution in [1.82, 2.24) is 0 Å². The van der Waals surface area contributed by atoms with E-state index < -0.39 is 55.4 Å². The van der Waals surface area contributed by atoms with Crippen molar-refractivity contribution in [3.05, 3.63) is 60.8 Å². The molecule has 1 heterocycles. The van der Waals surface area contributed by atoms with Crippen molar-refractivity contribution in [3.63, 3.8) is 0 Å². The van der Waals surface area contributed by atoms with Crippen molar-refractivity contribution in [2.24, 2.45) is 0 Å². The van der Waals surface area contributed by atoms with Crippen LogP contribution in [0.3, 0.4) is 0 Å². The summed E-state index contributed by atoms with van der Waals surface area (Å²) in [5, 5.41) is 40.0. The molecule has 0 spiro atoms. The summed E-state index contributed by atoms with van der Waals surface area (Å²) in [6, 6.07) is 0. The summed E-state index contributed by atoms with van der Waals surface area (Å²) < 4.78 is 22.1. The number of hydrogen-bond acceptors (Lipinski definition) is 10. The van der Waals surface area contributed by atoms with E-state index in [9.17, 15) is 30.0 Å². The topological polar surface area (TPSA) is 152 Å². The fourth-order valence-electron chi connectivity index (χ4n) is 6.00. The molecular formula is C45H76O10. The normalized spacial score (nSPS) is 21.2. The molecule has 0 amide bonds. The zero-order valence-electron chi connectivity index (χ0n) is 34.2. The van der Waals surface area contributed by atoms with E-state index >= 15 is 0 Å². The number of carbonyl (C=O) groups excluding carboxylic acids is 2. The summed E-state index contributed by atoms with van der Waals surface area (Å²) in [4.78, 5) is 25.3. The van der Waals surface area contributed by atoms with Crippen LogP contribution >= 0.6 is 0 Å². The third-order valence-corrected chi connectivity index (χ3v) is 9.39. The Morgan fingerprint density at radius 1 is 0.582 bits per heavy atom. The van der Waals surface area contributed by atoms with Crippen LogP contribution in [0.15, 0.2) is 60.8 Å². The maximum atomic E-state index is 12.7. The van der Waals surface area contributed by atoms with Crippen molar-refractivity contribution in [2.45, 2.75) is 192 Å². The molecule has 4 N–H and O–H groups in total. The third-order valence-electron chi connectivity index (χ3n) is 9.39. The number of ether oxygens (including phenoxy) is 4. The minimum absolute atomic E-state index is 0.198. The van der Waals surface area contributed by atoms with Gasteiger partial charge in [0.25, 0.3) is 0 Å². The Morgan fingerprint density at radius 3 is 1.64 bits per heavy atom. The Morgan fingerprint density at radius 2 is 1.07 bits per heavy atom. The largest absolute Gasteiger partial charge is 0.462 e. The average molecular weight is 777 g/mol. The predicted molar refractivity (Wildman–Crippen MR) is 219 cm³/mol. The van der Waals surface area contributed by atoms with Gasteiger partial charge in [0.15, 0.2) is 12.4 Å². The quantitative estimate of drug-likeness (QED) is 0.0284. The molecule has 1 fully saturated rings. The number of rotatable bonds is 34. The Hall–Kier alpha value is -2.60. The summed E-state index contributed by atoms with van der Waals surface area (Å²) in [5.41, 5.74) is 0. The molecule has 10 heteroatoms. The molecule has 1 rings (SSSR count). The van der Waals surface area contributed by atoms with Crippen molar-refractivity contribution in [1.29, 1.82) is 0 Å². The number of esters is 2. The number of carbonyl (C=O) groups is 2. The first-order valence-electron chi connectivity index (χ1n) is 21.4. The smallest absolute Gasteiger partial charge is 0.306 e. The van der Waals surface area contributed by atoms with Gasteiger partial charge in [-0.3, -0.25) is 9.59 Å². The highest BCUT2D eigenvalue weighted by molar-refractivity contribution is 5.70. The molecule has 316 valence electrons. The lowest BCUT2D eigenvalue weighted by Crippen LogP contribution is -2.59. The van der Waals surface area contributed by atoms with E-state index in [4.69, 9.17) is 18.9 Å². The highest BCUT2D eigenvalue weighted by Gasteiger charge is 2.44. The van der Waals surface area contributed by atoms with E-state index in [0.717, 1.165) is 89.9 Å². The Balaban J connectivity index is 2.39. The van der Waals surface area contributed by atoms with Crippen LogP contribution in [0.5, 0.6) is 0 Å². The maximum Gasteiger partial charge on any atom is 0.306 e. The van der Waals surface area contributed by atoms with Crippen molar-refractivity contribution in [2.75, 3.05) is 19.8 Å². The predicted octanol–water partition coefficient (Wildman–Crippen LogP) is 8.66. The molecule has 0 aromatic rings. The first-order chi connectivity index (χ1) is 26.8. The highest BCUT2D eigenvalue weighted by atomic mass is 16.7. The molecule has 10 nitrogen and oxygen atoms in total. The number of allylic oxidation sites excluding steroid dienone is 10. The number of aliphatic hydroxyl groups excluding tert-OH is 4. The Labute approximate surface area is 332 Å².